The van der Waals surface area contributed by atoms with Gasteiger partial charge < -0.3 is 9.88 Å². The van der Waals surface area contributed by atoms with Gasteiger partial charge in [0, 0.05) is 18.8 Å². The fraction of sp³-hybridized carbons (Fsp3) is 0.562. The summed E-state index contributed by atoms with van der Waals surface area (Å²) in [7, 11) is 1.76. The largest absolute Gasteiger partial charge is 0.352 e. The molecule has 1 heterocycles. The second kappa shape index (κ2) is 6.57. The number of nitrogens with zero attached hydrogens (tertiary/aromatic N) is 2. The zero-order chi connectivity index (χ0) is 15.4. The van der Waals surface area contributed by atoms with Crippen LogP contribution in [-0.2, 0) is 11.8 Å². The highest BCUT2D eigenvalue weighted by molar-refractivity contribution is 6.11. The van der Waals surface area contributed by atoms with Gasteiger partial charge in [-0.3, -0.25) is 9.59 Å². The van der Waals surface area contributed by atoms with E-state index in [9.17, 15) is 14.9 Å². The van der Waals surface area contributed by atoms with Crippen molar-refractivity contribution in [1.29, 1.82) is 5.26 Å². The fourth-order valence-electron chi connectivity index (χ4n) is 2.78. The number of hydrogen-bond acceptors (Lipinski definition) is 3. The Kier molecular flexibility index (Phi) is 4.79. The van der Waals surface area contributed by atoms with Crippen molar-refractivity contribution >= 4 is 11.7 Å². The fourth-order valence-corrected chi connectivity index (χ4v) is 2.78. The van der Waals surface area contributed by atoms with E-state index in [1.807, 2.05) is 13.0 Å². The molecule has 5 heteroatoms. The summed E-state index contributed by atoms with van der Waals surface area (Å²) in [5.74, 6) is -2.16. The maximum Gasteiger partial charge on any atom is 0.245 e. The number of ketones is 1. The van der Waals surface area contributed by atoms with Gasteiger partial charge in [0.05, 0.1) is 11.8 Å². The number of amides is 1. The summed E-state index contributed by atoms with van der Waals surface area (Å²) in [4.78, 5) is 24.6. The number of nitrogens with one attached hydrogen (secondary N) is 1. The van der Waals surface area contributed by atoms with Gasteiger partial charge in [0.1, 0.15) is 0 Å². The number of hydrogen-bond donors (Lipinski definition) is 1. The summed E-state index contributed by atoms with van der Waals surface area (Å²) in [6, 6.07) is 5.42. The molecule has 2 rings (SSSR count). The average Bonchev–Trinajstić information content (AvgIpc) is 2.80. The lowest BCUT2D eigenvalue weighted by Gasteiger charge is -2.23. The van der Waals surface area contributed by atoms with E-state index in [-0.39, 0.29) is 6.04 Å². The molecule has 1 saturated carbocycles. The molecule has 0 bridgehead atoms. The predicted octanol–water partition coefficient (Wildman–Crippen LogP) is 2.10. The third kappa shape index (κ3) is 3.33. The third-order valence-electron chi connectivity index (χ3n) is 4.23. The number of aromatic nitrogens is 1. The minimum atomic E-state index is -1.26. The van der Waals surface area contributed by atoms with Crippen LogP contribution >= 0.6 is 0 Å². The molecule has 1 unspecified atom stereocenters. The molecular formula is C16H21N3O2. The quantitative estimate of drug-likeness (QED) is 0.680. The van der Waals surface area contributed by atoms with Crippen molar-refractivity contribution in [2.45, 2.75) is 45.1 Å². The van der Waals surface area contributed by atoms with Crippen LogP contribution in [0.15, 0.2) is 12.1 Å². The molecule has 1 aliphatic rings. The van der Waals surface area contributed by atoms with Crippen LogP contribution in [0.3, 0.4) is 0 Å². The highest BCUT2D eigenvalue weighted by Crippen LogP contribution is 2.18. The summed E-state index contributed by atoms with van der Waals surface area (Å²) in [6.45, 7) is 1.88. The first-order valence-electron chi connectivity index (χ1n) is 7.41. The van der Waals surface area contributed by atoms with Crippen LogP contribution in [0.1, 0.15) is 48.3 Å². The second-order valence-corrected chi connectivity index (χ2v) is 5.69. The van der Waals surface area contributed by atoms with Gasteiger partial charge in [-0.05, 0) is 31.9 Å². The van der Waals surface area contributed by atoms with Gasteiger partial charge in [-0.1, -0.05) is 19.3 Å². The number of rotatable bonds is 4. The molecule has 1 aromatic heterocycles. The maximum absolute atomic E-state index is 12.4. The minimum Gasteiger partial charge on any atom is -0.352 e. The molecule has 0 aromatic carbocycles. The Morgan fingerprint density at radius 1 is 1.33 bits per heavy atom. The van der Waals surface area contributed by atoms with Crippen LogP contribution in [0.5, 0.6) is 0 Å². The van der Waals surface area contributed by atoms with Gasteiger partial charge in [-0.15, -0.1) is 0 Å². The average molecular weight is 287 g/mol. The Morgan fingerprint density at radius 2 is 2.00 bits per heavy atom. The van der Waals surface area contributed by atoms with E-state index in [1.165, 1.54) is 6.42 Å². The minimum absolute atomic E-state index is 0.102. The SMILES string of the molecule is Cc1ccc(C(=O)C(C#N)C(=O)NC2CCCCC2)n1C. The summed E-state index contributed by atoms with van der Waals surface area (Å²) in [6.07, 6.45) is 5.23. The number of aryl methyl sites for hydroxylation is 1. The number of nitriles is 1. The van der Waals surface area contributed by atoms with Crippen LogP contribution in [0.2, 0.25) is 0 Å². The molecule has 0 aliphatic heterocycles. The molecule has 0 spiro atoms. The van der Waals surface area contributed by atoms with Crippen LogP contribution in [-0.4, -0.2) is 22.3 Å². The van der Waals surface area contributed by atoms with Gasteiger partial charge in [-0.2, -0.15) is 5.26 Å². The molecule has 1 atom stereocenters. The van der Waals surface area contributed by atoms with Crippen molar-refractivity contribution in [3.63, 3.8) is 0 Å². The standard InChI is InChI=1S/C16H21N3O2/c1-11-8-9-14(19(11)2)15(20)13(10-17)16(21)18-12-6-4-3-5-7-12/h8-9,12-13H,3-7H2,1-2H3,(H,18,21). The van der Waals surface area contributed by atoms with Crippen LogP contribution in [0.25, 0.3) is 0 Å². The first-order chi connectivity index (χ1) is 10.0. The summed E-state index contributed by atoms with van der Waals surface area (Å²) in [5.41, 5.74) is 1.32. The van der Waals surface area contributed by atoms with Crippen molar-refractivity contribution in [2.75, 3.05) is 0 Å². The smallest absolute Gasteiger partial charge is 0.245 e. The zero-order valence-corrected chi connectivity index (χ0v) is 12.6. The molecule has 1 aromatic rings. The van der Waals surface area contributed by atoms with Crippen LogP contribution < -0.4 is 5.32 Å². The molecule has 1 aliphatic carbocycles. The van der Waals surface area contributed by atoms with E-state index >= 15 is 0 Å². The highest BCUT2D eigenvalue weighted by Gasteiger charge is 2.30. The Balaban J connectivity index is 2.08. The first kappa shape index (κ1) is 15.3. The molecule has 1 amide bonds. The number of carbonyl (C=O) groups excluding carboxylic acids is 2. The molecule has 1 fully saturated rings. The zero-order valence-electron chi connectivity index (χ0n) is 12.6. The van der Waals surface area contributed by atoms with Gasteiger partial charge in [0.15, 0.2) is 5.92 Å². The van der Waals surface area contributed by atoms with E-state index in [2.05, 4.69) is 5.32 Å². The van der Waals surface area contributed by atoms with Gasteiger partial charge >= 0.3 is 0 Å². The predicted molar refractivity (Wildman–Crippen MR) is 78.6 cm³/mol. The Hall–Kier alpha value is -2.09. The molecule has 112 valence electrons. The monoisotopic (exact) mass is 287 g/mol. The van der Waals surface area contributed by atoms with E-state index < -0.39 is 17.6 Å². The molecule has 21 heavy (non-hydrogen) atoms. The number of Topliss-reactive ketones (excluding diaryl/α,β-unsaturated/α-hetero) is 1. The Bertz CT molecular complexity index is 577. The first-order valence-corrected chi connectivity index (χ1v) is 7.41. The van der Waals surface area contributed by atoms with Crippen molar-refractivity contribution in [2.24, 2.45) is 13.0 Å². The summed E-state index contributed by atoms with van der Waals surface area (Å²) in [5, 5.41) is 12.1. The number of carbonyl (C=O) groups is 2. The Labute approximate surface area is 124 Å². The lowest BCUT2D eigenvalue weighted by molar-refractivity contribution is -0.123. The lowest BCUT2D eigenvalue weighted by Crippen LogP contribution is -2.42. The summed E-state index contributed by atoms with van der Waals surface area (Å²) < 4.78 is 1.71. The third-order valence-corrected chi connectivity index (χ3v) is 4.23. The molecule has 0 saturated heterocycles. The van der Waals surface area contributed by atoms with Crippen molar-refractivity contribution in [3.05, 3.63) is 23.5 Å². The lowest BCUT2D eigenvalue weighted by atomic mass is 9.94. The van der Waals surface area contributed by atoms with Crippen molar-refractivity contribution < 1.29 is 9.59 Å². The molecular weight excluding hydrogens is 266 g/mol. The van der Waals surface area contributed by atoms with Crippen LogP contribution in [0, 0.1) is 24.2 Å². The van der Waals surface area contributed by atoms with Gasteiger partial charge in [0.25, 0.3) is 0 Å². The van der Waals surface area contributed by atoms with E-state index in [0.717, 1.165) is 31.4 Å². The molecule has 1 N–H and O–H groups in total. The van der Waals surface area contributed by atoms with E-state index in [0.29, 0.717) is 5.69 Å². The topological polar surface area (TPSA) is 74.9 Å². The van der Waals surface area contributed by atoms with Crippen molar-refractivity contribution in [3.8, 4) is 6.07 Å². The molecule has 0 radical (unpaired) electrons. The van der Waals surface area contributed by atoms with Crippen LogP contribution in [0.4, 0.5) is 0 Å². The van der Waals surface area contributed by atoms with Gasteiger partial charge in [0.2, 0.25) is 11.7 Å². The van der Waals surface area contributed by atoms with Crippen molar-refractivity contribution in [1.82, 2.24) is 9.88 Å². The van der Waals surface area contributed by atoms with Gasteiger partial charge in [-0.25, -0.2) is 0 Å². The maximum atomic E-state index is 12.4. The Morgan fingerprint density at radius 3 is 2.52 bits per heavy atom. The second-order valence-electron chi connectivity index (χ2n) is 5.69. The summed E-state index contributed by atoms with van der Waals surface area (Å²) >= 11 is 0. The normalized spacial score (nSPS) is 17.0. The molecule has 5 nitrogen and oxygen atoms in total. The highest BCUT2D eigenvalue weighted by atomic mass is 16.2. The van der Waals surface area contributed by atoms with E-state index in [1.54, 1.807) is 23.7 Å². The van der Waals surface area contributed by atoms with E-state index in [4.69, 9.17) is 0 Å².